The zero-order valence-corrected chi connectivity index (χ0v) is 9.06. The second kappa shape index (κ2) is 3.83. The van der Waals surface area contributed by atoms with Crippen LogP contribution in [0.5, 0.6) is 5.88 Å². The summed E-state index contributed by atoms with van der Waals surface area (Å²) in [6.45, 7) is 1.34. The van der Waals surface area contributed by atoms with Crippen molar-refractivity contribution in [1.82, 2.24) is 9.55 Å². The van der Waals surface area contributed by atoms with Gasteiger partial charge < -0.3 is 19.1 Å². The molecule has 15 heavy (non-hydrogen) atoms. The van der Waals surface area contributed by atoms with Crippen LogP contribution in [-0.2, 0) is 22.1 Å². The van der Waals surface area contributed by atoms with Crippen molar-refractivity contribution in [3.05, 3.63) is 12.0 Å². The summed E-state index contributed by atoms with van der Waals surface area (Å²) in [7, 11) is 3.54. The highest BCUT2D eigenvalue weighted by Gasteiger charge is 2.38. The maximum absolute atomic E-state index is 9.36. The SMILES string of the molecule is COC1(c2nc(O)cn2C)CCOCC1. The molecule has 0 amide bonds. The van der Waals surface area contributed by atoms with Gasteiger partial charge in [0, 0.05) is 40.2 Å². The van der Waals surface area contributed by atoms with Crippen LogP contribution in [0, 0.1) is 0 Å². The molecule has 5 nitrogen and oxygen atoms in total. The Morgan fingerprint density at radius 1 is 1.53 bits per heavy atom. The summed E-state index contributed by atoms with van der Waals surface area (Å²) in [5.74, 6) is 0.807. The number of hydrogen-bond donors (Lipinski definition) is 1. The number of rotatable bonds is 2. The maximum Gasteiger partial charge on any atom is 0.229 e. The number of aromatic nitrogens is 2. The fraction of sp³-hybridized carbons (Fsp3) is 0.700. The lowest BCUT2D eigenvalue weighted by atomic mass is 9.93. The van der Waals surface area contributed by atoms with E-state index in [1.165, 1.54) is 0 Å². The van der Waals surface area contributed by atoms with Gasteiger partial charge in [-0.25, -0.2) is 0 Å². The van der Waals surface area contributed by atoms with Crippen molar-refractivity contribution in [2.45, 2.75) is 18.4 Å². The van der Waals surface area contributed by atoms with E-state index in [1.807, 2.05) is 11.6 Å². The first-order chi connectivity index (χ1) is 7.18. The first-order valence-electron chi connectivity index (χ1n) is 5.04. The Morgan fingerprint density at radius 2 is 2.20 bits per heavy atom. The van der Waals surface area contributed by atoms with Crippen molar-refractivity contribution in [1.29, 1.82) is 0 Å². The summed E-state index contributed by atoms with van der Waals surface area (Å²) in [6, 6.07) is 0. The minimum Gasteiger partial charge on any atom is -0.492 e. The van der Waals surface area contributed by atoms with Crippen LogP contribution in [0.4, 0.5) is 0 Å². The van der Waals surface area contributed by atoms with Crippen LogP contribution in [0.1, 0.15) is 18.7 Å². The van der Waals surface area contributed by atoms with Gasteiger partial charge in [0.05, 0.1) is 6.20 Å². The fourth-order valence-corrected chi connectivity index (χ4v) is 2.09. The Kier molecular flexibility index (Phi) is 2.67. The molecule has 1 saturated heterocycles. The third-order valence-corrected chi connectivity index (χ3v) is 2.96. The number of methoxy groups -OCH3 is 1. The Balaban J connectivity index is 2.36. The second-order valence-electron chi connectivity index (χ2n) is 3.84. The molecule has 0 unspecified atom stereocenters. The van der Waals surface area contributed by atoms with Crippen LogP contribution in [-0.4, -0.2) is 35.0 Å². The van der Waals surface area contributed by atoms with Gasteiger partial charge in [-0.1, -0.05) is 0 Å². The van der Waals surface area contributed by atoms with E-state index in [1.54, 1.807) is 13.3 Å². The molecule has 1 aromatic rings. The largest absolute Gasteiger partial charge is 0.492 e. The molecule has 84 valence electrons. The summed E-state index contributed by atoms with van der Waals surface area (Å²) in [5, 5.41) is 9.36. The van der Waals surface area contributed by atoms with Gasteiger partial charge in [-0.2, -0.15) is 4.98 Å². The first-order valence-corrected chi connectivity index (χ1v) is 5.04. The van der Waals surface area contributed by atoms with Crippen LogP contribution < -0.4 is 0 Å². The van der Waals surface area contributed by atoms with Gasteiger partial charge in [0.2, 0.25) is 5.88 Å². The molecule has 0 spiro atoms. The molecule has 0 radical (unpaired) electrons. The maximum atomic E-state index is 9.36. The molecule has 1 N–H and O–H groups in total. The monoisotopic (exact) mass is 212 g/mol. The minimum atomic E-state index is -0.409. The van der Waals surface area contributed by atoms with E-state index in [4.69, 9.17) is 9.47 Å². The lowest BCUT2D eigenvalue weighted by Crippen LogP contribution is -2.37. The van der Waals surface area contributed by atoms with E-state index < -0.39 is 5.60 Å². The molecule has 2 heterocycles. The smallest absolute Gasteiger partial charge is 0.229 e. The molecule has 1 aliphatic rings. The Hall–Kier alpha value is -1.07. The molecular formula is C10H16N2O3. The standard InChI is InChI=1S/C10H16N2O3/c1-12-7-8(13)11-9(12)10(14-2)3-5-15-6-4-10/h7,13H,3-6H2,1-2H3. The highest BCUT2D eigenvalue weighted by atomic mass is 16.5. The van der Waals surface area contributed by atoms with E-state index >= 15 is 0 Å². The Morgan fingerprint density at radius 3 is 2.67 bits per heavy atom. The first kappa shape index (κ1) is 10.4. The predicted molar refractivity (Wildman–Crippen MR) is 53.6 cm³/mol. The van der Waals surface area contributed by atoms with Crippen LogP contribution in [0.2, 0.25) is 0 Å². The zero-order chi connectivity index (χ0) is 10.9. The number of imidazole rings is 1. The van der Waals surface area contributed by atoms with Crippen molar-refractivity contribution in [2.24, 2.45) is 7.05 Å². The summed E-state index contributed by atoms with van der Waals surface area (Å²) in [4.78, 5) is 4.11. The van der Waals surface area contributed by atoms with Gasteiger partial charge in [0.25, 0.3) is 0 Å². The van der Waals surface area contributed by atoms with Crippen molar-refractivity contribution >= 4 is 0 Å². The lowest BCUT2D eigenvalue weighted by Gasteiger charge is -2.34. The van der Waals surface area contributed by atoms with E-state index in [2.05, 4.69) is 4.98 Å². The lowest BCUT2D eigenvalue weighted by molar-refractivity contribution is -0.101. The molecule has 0 atom stereocenters. The van der Waals surface area contributed by atoms with Crippen LogP contribution >= 0.6 is 0 Å². The highest BCUT2D eigenvalue weighted by molar-refractivity contribution is 5.14. The van der Waals surface area contributed by atoms with Crippen LogP contribution in [0.25, 0.3) is 0 Å². The number of nitrogens with zero attached hydrogens (tertiary/aromatic N) is 2. The summed E-state index contributed by atoms with van der Waals surface area (Å²) >= 11 is 0. The highest BCUT2D eigenvalue weighted by Crippen LogP contribution is 2.35. The molecule has 0 bridgehead atoms. The van der Waals surface area contributed by atoms with Gasteiger partial charge in [-0.3, -0.25) is 0 Å². The zero-order valence-electron chi connectivity index (χ0n) is 9.06. The number of aromatic hydroxyl groups is 1. The van der Waals surface area contributed by atoms with Crippen LogP contribution in [0.15, 0.2) is 6.20 Å². The average Bonchev–Trinajstić information content (AvgIpc) is 2.59. The molecule has 0 saturated carbocycles. The molecule has 2 rings (SSSR count). The molecular weight excluding hydrogens is 196 g/mol. The summed E-state index contributed by atoms with van der Waals surface area (Å²) in [6.07, 6.45) is 3.13. The molecule has 1 aliphatic heterocycles. The molecule has 1 aromatic heterocycles. The van der Waals surface area contributed by atoms with Crippen molar-refractivity contribution in [3.8, 4) is 5.88 Å². The molecule has 0 aliphatic carbocycles. The normalized spacial score (nSPS) is 20.4. The second-order valence-corrected chi connectivity index (χ2v) is 3.84. The van der Waals surface area contributed by atoms with Gasteiger partial charge in [-0.05, 0) is 0 Å². The van der Waals surface area contributed by atoms with Crippen molar-refractivity contribution in [2.75, 3.05) is 20.3 Å². The van der Waals surface area contributed by atoms with Crippen molar-refractivity contribution < 1.29 is 14.6 Å². The van der Waals surface area contributed by atoms with Crippen LogP contribution in [0.3, 0.4) is 0 Å². The van der Waals surface area contributed by atoms with Gasteiger partial charge in [0.15, 0.2) is 0 Å². The predicted octanol–water partition coefficient (Wildman–Crippen LogP) is 0.778. The number of ether oxygens (including phenoxy) is 2. The number of hydrogen-bond acceptors (Lipinski definition) is 4. The Labute approximate surface area is 88.6 Å². The number of aryl methyl sites for hydroxylation is 1. The van der Waals surface area contributed by atoms with E-state index in [0.29, 0.717) is 13.2 Å². The molecule has 1 fully saturated rings. The van der Waals surface area contributed by atoms with Crippen molar-refractivity contribution in [3.63, 3.8) is 0 Å². The van der Waals surface area contributed by atoms with Gasteiger partial charge >= 0.3 is 0 Å². The molecule has 5 heteroatoms. The third kappa shape index (κ3) is 1.72. The van der Waals surface area contributed by atoms with Gasteiger partial charge in [-0.15, -0.1) is 0 Å². The van der Waals surface area contributed by atoms with E-state index in [9.17, 15) is 5.11 Å². The quantitative estimate of drug-likeness (QED) is 0.787. The van der Waals surface area contributed by atoms with E-state index in [-0.39, 0.29) is 5.88 Å². The van der Waals surface area contributed by atoms with E-state index in [0.717, 1.165) is 18.7 Å². The topological polar surface area (TPSA) is 56.5 Å². The molecule has 0 aromatic carbocycles. The van der Waals surface area contributed by atoms with Gasteiger partial charge in [0.1, 0.15) is 11.4 Å². The average molecular weight is 212 g/mol. The third-order valence-electron chi connectivity index (χ3n) is 2.96. The summed E-state index contributed by atoms with van der Waals surface area (Å²) in [5.41, 5.74) is -0.409. The Bertz CT molecular complexity index is 342. The fourth-order valence-electron chi connectivity index (χ4n) is 2.09. The minimum absolute atomic E-state index is 0.0374. The summed E-state index contributed by atoms with van der Waals surface area (Å²) < 4.78 is 12.7.